The molecule has 0 bridgehead atoms. The zero-order valence-corrected chi connectivity index (χ0v) is 28.2. The van der Waals surface area contributed by atoms with E-state index in [0.717, 1.165) is 10.9 Å². The van der Waals surface area contributed by atoms with E-state index in [2.05, 4.69) is 4.98 Å². The number of esters is 1. The number of rotatable bonds is 12. The molecular formula is C32H37Cl2N7O4S. The zero-order chi connectivity index (χ0) is 31.4. The smallest absolute Gasteiger partial charge is 0.326 e. The predicted molar refractivity (Wildman–Crippen MR) is 186 cm³/mol. The van der Waals surface area contributed by atoms with E-state index in [1.165, 1.54) is 4.31 Å². The third-order valence-corrected chi connectivity index (χ3v) is 9.09. The van der Waals surface area contributed by atoms with E-state index in [1.807, 2.05) is 43.3 Å². The molecule has 0 saturated heterocycles. The van der Waals surface area contributed by atoms with Crippen LogP contribution in [-0.2, 0) is 32.5 Å². The average molecular weight is 687 g/mol. The van der Waals surface area contributed by atoms with Gasteiger partial charge in [0.05, 0.1) is 28.8 Å². The van der Waals surface area contributed by atoms with Gasteiger partial charge in [0.25, 0.3) is 10.0 Å². The number of nitrogens with two attached hydrogens (primary N) is 1. The molecule has 2 heterocycles. The van der Waals surface area contributed by atoms with Gasteiger partial charge in [0, 0.05) is 36.7 Å². The molecule has 0 amide bonds. The molecule has 0 unspecified atom stereocenters. The highest BCUT2D eigenvalue weighted by atomic mass is 35.5. The maximum Gasteiger partial charge on any atom is 0.326 e. The van der Waals surface area contributed by atoms with E-state index >= 15 is 0 Å². The molecule has 3 N–H and O–H groups in total. The predicted octanol–water partition coefficient (Wildman–Crippen LogP) is 4.62. The Bertz CT molecular complexity index is 1940. The number of likely N-dealkylation sites (N-methyl/N-ethyl adjacent to an activating group) is 1. The summed E-state index contributed by atoms with van der Waals surface area (Å²) in [6, 6.07) is 21.3. The number of amidine groups is 1. The molecule has 0 fully saturated rings. The number of nitrogen functional groups attached to an aromatic ring is 1. The fourth-order valence-corrected chi connectivity index (χ4v) is 6.65. The normalized spacial score (nSPS) is 11.2. The van der Waals surface area contributed by atoms with Crippen LogP contribution in [0.3, 0.4) is 0 Å². The van der Waals surface area contributed by atoms with Gasteiger partial charge >= 0.3 is 5.97 Å². The van der Waals surface area contributed by atoms with Gasteiger partial charge in [-0.3, -0.25) is 19.5 Å². The second-order valence-corrected chi connectivity index (χ2v) is 12.4. The second kappa shape index (κ2) is 15.4. The fourth-order valence-electron chi connectivity index (χ4n) is 5.04. The minimum atomic E-state index is -4.03. The van der Waals surface area contributed by atoms with Gasteiger partial charge in [-0.1, -0.05) is 42.5 Å². The van der Waals surface area contributed by atoms with Crippen LogP contribution in [0, 0.1) is 5.41 Å². The lowest BCUT2D eigenvalue weighted by Crippen LogP contribution is -2.37. The SMILES string of the molecule is CCOC(=O)Cn1c(Cc2ccc(C(=N)N)cc2)nc2cc(N(CCN(C)C)S(=O)(=O)c3cccc4cccnc34)ccc21.Cl.Cl. The Morgan fingerprint density at radius 1 is 1.00 bits per heavy atom. The number of carbonyl (C=O) groups excluding carboxylic acids is 1. The standard InChI is InChI=1S/C32H35N7O4S.2ClH/c1-4-43-30(40)21-38-27-15-14-25(20-26(27)36-29(38)19-22-10-12-24(13-11-22)32(33)34)39(18-17-37(2)3)44(41,42)28-9-5-7-23-8-6-16-35-31(23)28;;/h5-16,20H,4,17-19,21H2,1-3H3,(H3,33,34);2*1H. The molecule has 244 valence electrons. The van der Waals surface area contributed by atoms with Crippen LogP contribution in [0.2, 0.25) is 0 Å². The monoisotopic (exact) mass is 685 g/mol. The molecule has 11 nitrogen and oxygen atoms in total. The van der Waals surface area contributed by atoms with Crippen molar-refractivity contribution in [1.82, 2.24) is 19.4 Å². The number of hydrogen-bond donors (Lipinski definition) is 2. The number of imidazole rings is 1. The summed E-state index contributed by atoms with van der Waals surface area (Å²) in [6.45, 7) is 2.63. The van der Waals surface area contributed by atoms with Crippen molar-refractivity contribution in [2.75, 3.05) is 38.1 Å². The quantitative estimate of drug-likeness (QED) is 0.110. The molecule has 0 atom stereocenters. The van der Waals surface area contributed by atoms with Crippen LogP contribution in [0.15, 0.2) is 83.9 Å². The molecule has 0 radical (unpaired) electrons. The molecule has 46 heavy (non-hydrogen) atoms. The molecule has 0 saturated carbocycles. The Balaban J connectivity index is 0.00000288. The summed E-state index contributed by atoms with van der Waals surface area (Å²) in [5.41, 5.74) is 9.20. The number of para-hydroxylation sites is 1. The third kappa shape index (κ3) is 7.76. The number of sulfonamides is 1. The lowest BCUT2D eigenvalue weighted by Gasteiger charge is -2.26. The Labute approximate surface area is 280 Å². The molecule has 3 aromatic carbocycles. The van der Waals surface area contributed by atoms with Crippen LogP contribution in [0.25, 0.3) is 21.9 Å². The summed E-state index contributed by atoms with van der Waals surface area (Å²) >= 11 is 0. The zero-order valence-electron chi connectivity index (χ0n) is 25.7. The van der Waals surface area contributed by atoms with Crippen LogP contribution in [0.1, 0.15) is 23.9 Å². The molecule has 5 aromatic rings. The van der Waals surface area contributed by atoms with E-state index in [4.69, 9.17) is 20.9 Å². The fraction of sp³-hybridized carbons (Fsp3) is 0.250. The first-order valence-corrected chi connectivity index (χ1v) is 15.6. The van der Waals surface area contributed by atoms with Crippen LogP contribution < -0.4 is 10.0 Å². The summed E-state index contributed by atoms with van der Waals surface area (Å²) in [5.74, 6) is 0.191. The van der Waals surface area contributed by atoms with E-state index in [9.17, 15) is 13.2 Å². The number of pyridine rings is 1. The minimum Gasteiger partial charge on any atom is -0.465 e. The maximum absolute atomic E-state index is 14.3. The van der Waals surface area contributed by atoms with Crippen LogP contribution in [-0.4, -0.2) is 73.4 Å². The topological polar surface area (TPSA) is 148 Å². The van der Waals surface area contributed by atoms with Crippen molar-refractivity contribution in [2.45, 2.75) is 24.8 Å². The van der Waals surface area contributed by atoms with Crippen LogP contribution in [0.4, 0.5) is 5.69 Å². The first-order chi connectivity index (χ1) is 21.1. The van der Waals surface area contributed by atoms with Crippen molar-refractivity contribution in [3.05, 3.63) is 95.9 Å². The summed E-state index contributed by atoms with van der Waals surface area (Å²) in [4.78, 5) is 23.9. The number of anilines is 1. The van der Waals surface area contributed by atoms with Crippen LogP contribution >= 0.6 is 24.8 Å². The van der Waals surface area contributed by atoms with Crippen molar-refractivity contribution >= 4 is 74.3 Å². The largest absolute Gasteiger partial charge is 0.465 e. The first-order valence-electron chi connectivity index (χ1n) is 14.2. The number of halogens is 2. The van der Waals surface area contributed by atoms with Gasteiger partial charge < -0.3 is 19.9 Å². The number of carbonyl (C=O) groups is 1. The number of nitrogens with zero attached hydrogens (tertiary/aromatic N) is 5. The first kappa shape index (κ1) is 36.2. The van der Waals surface area contributed by atoms with Gasteiger partial charge in [0.15, 0.2) is 0 Å². The van der Waals surface area contributed by atoms with Crippen molar-refractivity contribution in [1.29, 1.82) is 5.41 Å². The summed E-state index contributed by atoms with van der Waals surface area (Å²) in [6.07, 6.45) is 1.98. The van der Waals surface area contributed by atoms with E-state index in [-0.39, 0.29) is 55.2 Å². The van der Waals surface area contributed by atoms with Gasteiger partial charge in [-0.25, -0.2) is 13.4 Å². The Hall–Kier alpha value is -4.23. The Morgan fingerprint density at radius 3 is 2.39 bits per heavy atom. The van der Waals surface area contributed by atoms with Crippen molar-refractivity contribution < 1.29 is 17.9 Å². The van der Waals surface area contributed by atoms with Crippen molar-refractivity contribution in [3.63, 3.8) is 0 Å². The Morgan fingerprint density at radius 2 is 1.72 bits per heavy atom. The van der Waals surface area contributed by atoms with Gasteiger partial charge in [-0.15, -0.1) is 24.8 Å². The maximum atomic E-state index is 14.3. The van der Waals surface area contributed by atoms with E-state index in [1.54, 1.807) is 66.2 Å². The molecule has 0 aliphatic rings. The molecule has 0 aliphatic heterocycles. The number of nitrogens with one attached hydrogen (secondary N) is 1. The highest BCUT2D eigenvalue weighted by Crippen LogP contribution is 2.31. The van der Waals surface area contributed by atoms with Crippen molar-refractivity contribution in [2.24, 2.45) is 5.73 Å². The summed E-state index contributed by atoms with van der Waals surface area (Å²) in [7, 11) is -0.249. The summed E-state index contributed by atoms with van der Waals surface area (Å²) in [5, 5.41) is 8.39. The number of fused-ring (bicyclic) bond motifs is 2. The number of benzene rings is 3. The molecular weight excluding hydrogens is 649 g/mol. The highest BCUT2D eigenvalue weighted by Gasteiger charge is 2.28. The molecule has 2 aromatic heterocycles. The highest BCUT2D eigenvalue weighted by molar-refractivity contribution is 7.93. The van der Waals surface area contributed by atoms with Gasteiger partial charge in [-0.05, 0) is 56.9 Å². The third-order valence-electron chi connectivity index (χ3n) is 7.23. The van der Waals surface area contributed by atoms with Gasteiger partial charge in [0.1, 0.15) is 23.1 Å². The van der Waals surface area contributed by atoms with Gasteiger partial charge in [-0.2, -0.15) is 0 Å². The van der Waals surface area contributed by atoms with E-state index < -0.39 is 16.0 Å². The molecule has 0 aliphatic carbocycles. The number of hydrogen-bond acceptors (Lipinski definition) is 8. The second-order valence-electron chi connectivity index (χ2n) is 10.6. The summed E-state index contributed by atoms with van der Waals surface area (Å²) < 4.78 is 36.9. The molecule has 14 heteroatoms. The molecule has 0 spiro atoms. The lowest BCUT2D eigenvalue weighted by molar-refractivity contribution is -0.143. The number of ether oxygens (including phenoxy) is 1. The van der Waals surface area contributed by atoms with E-state index in [0.29, 0.717) is 46.6 Å². The lowest BCUT2D eigenvalue weighted by atomic mass is 10.1. The molecule has 5 rings (SSSR count). The van der Waals surface area contributed by atoms with Gasteiger partial charge in [0.2, 0.25) is 0 Å². The van der Waals surface area contributed by atoms with Crippen LogP contribution in [0.5, 0.6) is 0 Å². The minimum absolute atomic E-state index is 0. The average Bonchev–Trinajstić information content (AvgIpc) is 3.32. The number of aromatic nitrogens is 3. The Kier molecular flexibility index (Phi) is 12.1. The van der Waals surface area contributed by atoms with Crippen molar-refractivity contribution in [3.8, 4) is 0 Å².